The molecular formula is C10H11O7P. The van der Waals surface area contributed by atoms with E-state index in [1.54, 1.807) is 0 Å². The van der Waals surface area contributed by atoms with Crippen molar-refractivity contribution in [2.45, 2.75) is 6.10 Å². The van der Waals surface area contributed by atoms with Crippen molar-refractivity contribution < 1.29 is 33.6 Å². The number of phosphoric acid groups is 1. The van der Waals surface area contributed by atoms with E-state index in [1.807, 2.05) is 0 Å². The van der Waals surface area contributed by atoms with Gasteiger partial charge in [-0.3, -0.25) is 14.1 Å². The lowest BCUT2D eigenvalue weighted by Gasteiger charge is -2.10. The molecule has 0 aliphatic heterocycles. The third-order valence-corrected chi connectivity index (χ3v) is 2.53. The van der Waals surface area contributed by atoms with E-state index in [-0.39, 0.29) is 5.56 Å². The van der Waals surface area contributed by atoms with Gasteiger partial charge in [-0.05, 0) is 5.56 Å². The highest BCUT2D eigenvalue weighted by Gasteiger charge is 2.22. The monoisotopic (exact) mass is 274 g/mol. The van der Waals surface area contributed by atoms with Gasteiger partial charge in [-0.2, -0.15) is 0 Å². The van der Waals surface area contributed by atoms with Crippen molar-refractivity contribution in [2.75, 3.05) is 6.61 Å². The van der Waals surface area contributed by atoms with Crippen LogP contribution in [0.25, 0.3) is 0 Å². The Morgan fingerprint density at radius 3 is 2.33 bits per heavy atom. The zero-order chi connectivity index (χ0) is 13.8. The maximum Gasteiger partial charge on any atom is 0.470 e. The molecule has 7 nitrogen and oxygen atoms in total. The van der Waals surface area contributed by atoms with Crippen molar-refractivity contribution in [3.05, 3.63) is 35.4 Å². The molecule has 0 bridgehead atoms. The van der Waals surface area contributed by atoms with Gasteiger partial charge >= 0.3 is 7.82 Å². The highest BCUT2D eigenvalue weighted by Crippen LogP contribution is 2.35. The standard InChI is InChI=1S/C10H11O7P/c11-5-7-1-3-8(4-2-7)10(13)9(12)6-17-18(14,15)16/h1-5,10,13H,6H2,(H2,14,15,16). The Morgan fingerprint density at radius 1 is 1.33 bits per heavy atom. The number of carbonyl (C=O) groups is 2. The third-order valence-electron chi connectivity index (χ3n) is 2.07. The van der Waals surface area contributed by atoms with Crippen LogP contribution in [0, 0.1) is 0 Å². The molecule has 0 spiro atoms. The molecule has 0 aromatic heterocycles. The zero-order valence-electron chi connectivity index (χ0n) is 9.09. The van der Waals surface area contributed by atoms with E-state index in [0.717, 1.165) is 0 Å². The summed E-state index contributed by atoms with van der Waals surface area (Å²) in [4.78, 5) is 38.6. The predicted molar refractivity (Wildman–Crippen MR) is 59.8 cm³/mol. The van der Waals surface area contributed by atoms with Crippen molar-refractivity contribution in [1.82, 2.24) is 0 Å². The van der Waals surface area contributed by atoms with Crippen LogP contribution < -0.4 is 0 Å². The average Bonchev–Trinajstić information content (AvgIpc) is 2.34. The normalized spacial score (nSPS) is 13.1. The minimum atomic E-state index is -4.74. The number of aldehydes is 1. The molecule has 0 radical (unpaired) electrons. The minimum absolute atomic E-state index is 0.208. The smallest absolute Gasteiger partial charge is 0.380 e. The van der Waals surface area contributed by atoms with E-state index in [1.165, 1.54) is 24.3 Å². The fraction of sp³-hybridized carbons (Fsp3) is 0.200. The fourth-order valence-electron chi connectivity index (χ4n) is 1.17. The number of benzene rings is 1. The maximum absolute atomic E-state index is 11.4. The van der Waals surface area contributed by atoms with E-state index in [2.05, 4.69) is 4.52 Å². The van der Waals surface area contributed by atoms with Crippen molar-refractivity contribution in [3.8, 4) is 0 Å². The average molecular weight is 274 g/mol. The van der Waals surface area contributed by atoms with Crippen LogP contribution in [0.2, 0.25) is 0 Å². The van der Waals surface area contributed by atoms with E-state index in [9.17, 15) is 19.3 Å². The number of aliphatic hydroxyl groups is 1. The van der Waals surface area contributed by atoms with E-state index < -0.39 is 26.3 Å². The van der Waals surface area contributed by atoms with E-state index in [0.29, 0.717) is 11.8 Å². The third kappa shape index (κ3) is 4.48. The molecule has 18 heavy (non-hydrogen) atoms. The second kappa shape index (κ2) is 5.99. The molecule has 0 aliphatic carbocycles. The van der Waals surface area contributed by atoms with Crippen molar-refractivity contribution in [2.24, 2.45) is 0 Å². The molecule has 8 heteroatoms. The molecular weight excluding hydrogens is 263 g/mol. The molecule has 0 saturated carbocycles. The van der Waals surface area contributed by atoms with Crippen LogP contribution in [-0.2, 0) is 13.9 Å². The summed E-state index contributed by atoms with van der Waals surface area (Å²) < 4.78 is 14.4. The number of aliphatic hydroxyl groups excluding tert-OH is 1. The van der Waals surface area contributed by atoms with Crippen LogP contribution in [-0.4, -0.2) is 33.6 Å². The van der Waals surface area contributed by atoms with Crippen molar-refractivity contribution in [1.29, 1.82) is 0 Å². The Hall–Kier alpha value is -1.37. The number of Topliss-reactive ketones (excluding diaryl/α,β-unsaturated/α-hetero) is 1. The molecule has 0 aliphatic rings. The molecule has 98 valence electrons. The minimum Gasteiger partial charge on any atom is -0.380 e. The molecule has 1 atom stereocenters. The van der Waals surface area contributed by atoms with Gasteiger partial charge in [-0.25, -0.2) is 4.57 Å². The summed E-state index contributed by atoms with van der Waals surface area (Å²) in [6.07, 6.45) is -0.952. The van der Waals surface area contributed by atoms with Gasteiger partial charge in [0.05, 0.1) is 0 Å². The fourth-order valence-corrected chi connectivity index (χ4v) is 1.46. The first-order valence-corrected chi connectivity index (χ1v) is 6.32. The summed E-state index contributed by atoms with van der Waals surface area (Å²) in [5.41, 5.74) is 0.588. The summed E-state index contributed by atoms with van der Waals surface area (Å²) in [5, 5.41) is 9.58. The summed E-state index contributed by atoms with van der Waals surface area (Å²) in [5.74, 6) is -0.892. The van der Waals surface area contributed by atoms with Gasteiger partial charge in [0, 0.05) is 5.56 Å². The zero-order valence-corrected chi connectivity index (χ0v) is 9.99. The predicted octanol–water partition coefficient (Wildman–Crippen LogP) is 0.211. The molecule has 0 saturated heterocycles. The second-order valence-electron chi connectivity index (χ2n) is 3.42. The van der Waals surface area contributed by atoms with Crippen LogP contribution >= 0.6 is 7.82 Å². The first-order chi connectivity index (χ1) is 8.33. The first kappa shape index (κ1) is 14.7. The maximum atomic E-state index is 11.4. The second-order valence-corrected chi connectivity index (χ2v) is 4.66. The Bertz CT molecular complexity index is 476. The van der Waals surface area contributed by atoms with Gasteiger partial charge in [-0.15, -0.1) is 0 Å². The molecule has 1 unspecified atom stereocenters. The molecule has 0 heterocycles. The molecule has 0 fully saturated rings. The summed E-state index contributed by atoms with van der Waals surface area (Å²) in [6, 6.07) is 5.54. The molecule has 1 aromatic rings. The summed E-state index contributed by atoms with van der Waals surface area (Å²) in [6.45, 7) is -0.902. The molecule has 1 rings (SSSR count). The number of hydrogen-bond donors (Lipinski definition) is 3. The summed E-state index contributed by atoms with van der Waals surface area (Å²) >= 11 is 0. The van der Waals surface area contributed by atoms with Crippen LogP contribution in [0.15, 0.2) is 24.3 Å². The lowest BCUT2D eigenvalue weighted by Crippen LogP contribution is -2.17. The van der Waals surface area contributed by atoms with Gasteiger partial charge < -0.3 is 14.9 Å². The Labute approximate surface area is 102 Å². The van der Waals surface area contributed by atoms with Crippen LogP contribution in [0.3, 0.4) is 0 Å². The van der Waals surface area contributed by atoms with Gasteiger partial charge in [0.2, 0.25) is 0 Å². The van der Waals surface area contributed by atoms with Crippen LogP contribution in [0.5, 0.6) is 0 Å². The van der Waals surface area contributed by atoms with Crippen molar-refractivity contribution >= 4 is 19.9 Å². The summed E-state index contributed by atoms with van der Waals surface area (Å²) in [7, 11) is -4.74. The van der Waals surface area contributed by atoms with Gasteiger partial charge in [0.25, 0.3) is 0 Å². The van der Waals surface area contributed by atoms with E-state index in [4.69, 9.17) is 9.79 Å². The number of rotatable bonds is 6. The molecule has 0 amide bonds. The van der Waals surface area contributed by atoms with Gasteiger partial charge in [-0.1, -0.05) is 24.3 Å². The lowest BCUT2D eigenvalue weighted by molar-refractivity contribution is -0.130. The first-order valence-electron chi connectivity index (χ1n) is 4.79. The van der Waals surface area contributed by atoms with Crippen LogP contribution in [0.4, 0.5) is 0 Å². The quantitative estimate of drug-likeness (QED) is 0.500. The van der Waals surface area contributed by atoms with E-state index >= 15 is 0 Å². The van der Waals surface area contributed by atoms with Crippen LogP contribution in [0.1, 0.15) is 22.0 Å². The Kier molecular flexibility index (Phi) is 4.89. The van der Waals surface area contributed by atoms with Gasteiger partial charge in [0.1, 0.15) is 19.0 Å². The highest BCUT2D eigenvalue weighted by atomic mass is 31.2. The molecule has 1 aromatic carbocycles. The number of phosphoric ester groups is 1. The number of ketones is 1. The van der Waals surface area contributed by atoms with Gasteiger partial charge in [0.15, 0.2) is 5.78 Å². The topological polar surface area (TPSA) is 121 Å². The lowest BCUT2D eigenvalue weighted by atomic mass is 10.0. The Morgan fingerprint density at radius 2 is 1.89 bits per heavy atom. The number of carbonyl (C=O) groups excluding carboxylic acids is 2. The van der Waals surface area contributed by atoms with Crippen molar-refractivity contribution in [3.63, 3.8) is 0 Å². The largest absolute Gasteiger partial charge is 0.470 e. The molecule has 3 N–H and O–H groups in total. The Balaban J connectivity index is 2.68. The number of hydrogen-bond acceptors (Lipinski definition) is 5. The SMILES string of the molecule is O=Cc1ccc(C(O)C(=O)COP(=O)(O)O)cc1. The highest BCUT2D eigenvalue weighted by molar-refractivity contribution is 7.46.